The van der Waals surface area contributed by atoms with Gasteiger partial charge in [0.15, 0.2) is 6.10 Å². The van der Waals surface area contributed by atoms with E-state index in [1.54, 1.807) is 0 Å². The Kier molecular flexibility index (Phi) is 5.67. The minimum absolute atomic E-state index is 0.0676. The summed E-state index contributed by atoms with van der Waals surface area (Å²) in [6, 6.07) is 14.6. The van der Waals surface area contributed by atoms with Crippen LogP contribution >= 0.6 is 0 Å². The molecule has 1 atom stereocenters. The second-order valence-electron chi connectivity index (χ2n) is 6.14. The molecule has 150 valence electrons. The first kappa shape index (κ1) is 20.1. The van der Waals surface area contributed by atoms with Gasteiger partial charge in [-0.2, -0.15) is 18.3 Å². The molecule has 9 heteroatoms. The van der Waals surface area contributed by atoms with Gasteiger partial charge in [0.05, 0.1) is 11.3 Å². The number of benzene rings is 2. The monoisotopic (exact) mass is 403 g/mol. The molecule has 0 fully saturated rings. The molecule has 2 N–H and O–H groups in total. The normalized spacial score (nSPS) is 12.3. The molecule has 0 bridgehead atoms. The Bertz CT molecular complexity index is 999. The van der Waals surface area contributed by atoms with E-state index in [1.165, 1.54) is 13.0 Å². The lowest BCUT2D eigenvalue weighted by molar-refractivity contribution is -0.137. The minimum Gasteiger partial charge on any atom is -0.448 e. The van der Waals surface area contributed by atoms with Gasteiger partial charge >= 0.3 is 12.1 Å². The van der Waals surface area contributed by atoms with Gasteiger partial charge in [-0.05, 0) is 37.3 Å². The molecule has 0 saturated heterocycles. The van der Waals surface area contributed by atoms with E-state index in [2.05, 4.69) is 15.5 Å². The standard InChI is InChI=1S/C20H16F3N3O3/c1-12(18(27)24-15-9-7-14(8-10-15)20(21,22)23)29-19(28)17-11-16(25-26-17)13-5-3-2-4-6-13/h2-12H,1H3,(H,24,27)(H,25,26)/t12-/m0/s1. The number of rotatable bonds is 5. The summed E-state index contributed by atoms with van der Waals surface area (Å²) in [4.78, 5) is 24.4. The van der Waals surface area contributed by atoms with E-state index in [9.17, 15) is 22.8 Å². The summed E-state index contributed by atoms with van der Waals surface area (Å²) in [6.07, 6.45) is -5.64. The molecule has 3 rings (SSSR count). The van der Waals surface area contributed by atoms with Crippen LogP contribution in [0.2, 0.25) is 0 Å². The Morgan fingerprint density at radius 1 is 1.07 bits per heavy atom. The third kappa shape index (κ3) is 5.01. The Hall–Kier alpha value is -3.62. The van der Waals surface area contributed by atoms with E-state index in [4.69, 9.17) is 4.74 Å². The zero-order chi connectivity index (χ0) is 21.0. The number of hydrogen-bond donors (Lipinski definition) is 2. The first-order valence-corrected chi connectivity index (χ1v) is 8.54. The fourth-order valence-corrected chi connectivity index (χ4v) is 2.45. The van der Waals surface area contributed by atoms with E-state index in [1.807, 2.05) is 30.3 Å². The van der Waals surface area contributed by atoms with Crippen molar-refractivity contribution in [3.8, 4) is 11.3 Å². The minimum atomic E-state index is -4.46. The fourth-order valence-electron chi connectivity index (χ4n) is 2.45. The largest absolute Gasteiger partial charge is 0.448 e. The molecule has 1 aromatic heterocycles. The topological polar surface area (TPSA) is 84.1 Å². The van der Waals surface area contributed by atoms with Crippen LogP contribution in [0.25, 0.3) is 11.3 Å². The Morgan fingerprint density at radius 2 is 1.72 bits per heavy atom. The smallest absolute Gasteiger partial charge is 0.416 e. The SMILES string of the molecule is C[C@H](OC(=O)c1cc(-c2ccccc2)n[nH]1)C(=O)Nc1ccc(C(F)(F)F)cc1. The van der Waals surface area contributed by atoms with Crippen LogP contribution in [-0.4, -0.2) is 28.2 Å². The van der Waals surface area contributed by atoms with Gasteiger partial charge in [0.2, 0.25) is 0 Å². The molecule has 0 spiro atoms. The van der Waals surface area contributed by atoms with Crippen molar-refractivity contribution in [2.45, 2.75) is 19.2 Å². The molecule has 0 radical (unpaired) electrons. The molecule has 29 heavy (non-hydrogen) atoms. The average molecular weight is 403 g/mol. The highest BCUT2D eigenvalue weighted by molar-refractivity contribution is 5.97. The number of amides is 1. The maximum Gasteiger partial charge on any atom is 0.416 e. The number of nitrogens with zero attached hydrogens (tertiary/aromatic N) is 1. The summed E-state index contributed by atoms with van der Waals surface area (Å²) < 4.78 is 42.8. The molecular weight excluding hydrogens is 387 g/mol. The zero-order valence-electron chi connectivity index (χ0n) is 15.2. The summed E-state index contributed by atoms with van der Waals surface area (Å²) in [7, 11) is 0. The quantitative estimate of drug-likeness (QED) is 0.623. The fraction of sp³-hybridized carbons (Fsp3) is 0.150. The highest BCUT2D eigenvalue weighted by Gasteiger charge is 2.30. The van der Waals surface area contributed by atoms with Gasteiger partial charge in [0.1, 0.15) is 5.69 Å². The van der Waals surface area contributed by atoms with Crippen molar-refractivity contribution in [2.24, 2.45) is 0 Å². The van der Waals surface area contributed by atoms with Gasteiger partial charge in [0.25, 0.3) is 5.91 Å². The van der Waals surface area contributed by atoms with Gasteiger partial charge < -0.3 is 10.1 Å². The second kappa shape index (κ2) is 8.17. The van der Waals surface area contributed by atoms with E-state index in [-0.39, 0.29) is 11.4 Å². The number of anilines is 1. The molecule has 0 aliphatic rings. The Morgan fingerprint density at radius 3 is 2.34 bits per heavy atom. The third-order valence-electron chi connectivity index (χ3n) is 4.00. The van der Waals surface area contributed by atoms with Crippen molar-refractivity contribution in [3.05, 3.63) is 71.9 Å². The highest BCUT2D eigenvalue weighted by Crippen LogP contribution is 2.29. The van der Waals surface area contributed by atoms with Crippen molar-refractivity contribution < 1.29 is 27.5 Å². The lowest BCUT2D eigenvalue weighted by Crippen LogP contribution is -2.30. The van der Waals surface area contributed by atoms with Crippen LogP contribution in [0, 0.1) is 0 Å². The Labute approximate surface area is 163 Å². The third-order valence-corrected chi connectivity index (χ3v) is 4.00. The lowest BCUT2D eigenvalue weighted by atomic mass is 10.1. The Balaban J connectivity index is 1.59. The van der Waals surface area contributed by atoms with Crippen LogP contribution in [0.5, 0.6) is 0 Å². The number of alkyl halides is 3. The van der Waals surface area contributed by atoms with Crippen LogP contribution in [0.3, 0.4) is 0 Å². The van der Waals surface area contributed by atoms with Crippen LogP contribution < -0.4 is 5.32 Å². The van der Waals surface area contributed by atoms with Crippen LogP contribution in [0.15, 0.2) is 60.7 Å². The van der Waals surface area contributed by atoms with Crippen molar-refractivity contribution in [2.75, 3.05) is 5.32 Å². The number of hydrogen-bond acceptors (Lipinski definition) is 4. The summed E-state index contributed by atoms with van der Waals surface area (Å²) in [6.45, 7) is 1.35. The first-order chi connectivity index (χ1) is 13.7. The number of carbonyl (C=O) groups excluding carboxylic acids is 2. The molecule has 0 saturated carbocycles. The number of nitrogens with one attached hydrogen (secondary N) is 2. The summed E-state index contributed by atoms with van der Waals surface area (Å²) in [5.41, 5.74) is 0.732. The first-order valence-electron chi connectivity index (χ1n) is 8.54. The number of ether oxygens (including phenoxy) is 1. The highest BCUT2D eigenvalue weighted by atomic mass is 19.4. The number of aromatic amines is 1. The summed E-state index contributed by atoms with van der Waals surface area (Å²) in [5.74, 6) is -1.46. The van der Waals surface area contributed by atoms with E-state index < -0.39 is 29.7 Å². The van der Waals surface area contributed by atoms with Crippen molar-refractivity contribution in [1.29, 1.82) is 0 Å². The van der Waals surface area contributed by atoms with Crippen LogP contribution in [0.4, 0.5) is 18.9 Å². The second-order valence-corrected chi connectivity index (χ2v) is 6.14. The van der Waals surface area contributed by atoms with Gasteiger partial charge in [-0.1, -0.05) is 30.3 Å². The molecule has 0 aliphatic heterocycles. The number of esters is 1. The van der Waals surface area contributed by atoms with Crippen molar-refractivity contribution in [1.82, 2.24) is 10.2 Å². The number of aromatic nitrogens is 2. The maximum atomic E-state index is 12.6. The molecule has 1 heterocycles. The summed E-state index contributed by atoms with van der Waals surface area (Å²) >= 11 is 0. The molecule has 6 nitrogen and oxygen atoms in total. The van der Waals surface area contributed by atoms with E-state index >= 15 is 0 Å². The average Bonchev–Trinajstić information content (AvgIpc) is 3.19. The molecule has 1 amide bonds. The van der Waals surface area contributed by atoms with Gasteiger partial charge in [0, 0.05) is 11.3 Å². The van der Waals surface area contributed by atoms with Crippen LogP contribution in [0.1, 0.15) is 23.0 Å². The van der Waals surface area contributed by atoms with E-state index in [0.29, 0.717) is 5.69 Å². The van der Waals surface area contributed by atoms with E-state index in [0.717, 1.165) is 29.8 Å². The van der Waals surface area contributed by atoms with Crippen molar-refractivity contribution >= 4 is 17.6 Å². The molecule has 0 unspecified atom stereocenters. The van der Waals surface area contributed by atoms with Gasteiger partial charge in [-0.25, -0.2) is 4.79 Å². The van der Waals surface area contributed by atoms with Gasteiger partial charge in [-0.15, -0.1) is 0 Å². The number of H-pyrrole nitrogens is 1. The molecule has 3 aromatic rings. The number of halogens is 3. The van der Waals surface area contributed by atoms with Gasteiger partial charge in [-0.3, -0.25) is 9.89 Å². The predicted octanol–water partition coefficient (Wildman–Crippen LogP) is 4.28. The molecule has 2 aromatic carbocycles. The lowest BCUT2D eigenvalue weighted by Gasteiger charge is -2.13. The number of carbonyl (C=O) groups is 2. The summed E-state index contributed by atoms with van der Waals surface area (Å²) in [5, 5.41) is 8.99. The van der Waals surface area contributed by atoms with Crippen molar-refractivity contribution in [3.63, 3.8) is 0 Å². The van der Waals surface area contributed by atoms with Crippen LogP contribution in [-0.2, 0) is 15.7 Å². The molecule has 0 aliphatic carbocycles. The predicted molar refractivity (Wildman–Crippen MR) is 99.0 cm³/mol. The molecular formula is C20H16F3N3O3. The maximum absolute atomic E-state index is 12.6. The zero-order valence-corrected chi connectivity index (χ0v) is 15.2.